The Balaban J connectivity index is 1.72. The molecule has 1 N–H and O–H groups in total. The lowest BCUT2D eigenvalue weighted by Crippen LogP contribution is -2.23. The van der Waals surface area contributed by atoms with Crippen molar-refractivity contribution in [3.63, 3.8) is 0 Å². The Labute approximate surface area is 143 Å². The summed E-state index contributed by atoms with van der Waals surface area (Å²) in [7, 11) is -4.02. The molecule has 1 aromatic heterocycles. The van der Waals surface area contributed by atoms with Crippen LogP contribution in [-0.4, -0.2) is 23.2 Å². The number of aromatic nitrogens is 3. The van der Waals surface area contributed by atoms with Crippen LogP contribution in [0.1, 0.15) is 11.1 Å². The number of sulfonamides is 1. The maximum atomic E-state index is 13.2. The third kappa shape index (κ3) is 4.46. The molecule has 0 bridgehead atoms. The van der Waals surface area contributed by atoms with E-state index in [-0.39, 0.29) is 6.54 Å². The Hall–Kier alpha value is -2.65. The minimum Gasteiger partial charge on any atom is -0.249 e. The van der Waals surface area contributed by atoms with Gasteiger partial charge in [-0.1, -0.05) is 24.3 Å². The number of hydrogen-bond donors (Lipinski definition) is 1. The average Bonchev–Trinajstić information content (AvgIpc) is 3.05. The van der Waals surface area contributed by atoms with Crippen molar-refractivity contribution in [3.8, 4) is 0 Å². The second-order valence-electron chi connectivity index (χ2n) is 5.34. The van der Waals surface area contributed by atoms with Crippen LogP contribution in [0.4, 0.5) is 8.78 Å². The fourth-order valence-electron chi connectivity index (χ4n) is 2.28. The quantitative estimate of drug-likeness (QED) is 0.727. The Morgan fingerprint density at radius 3 is 2.44 bits per heavy atom. The van der Waals surface area contributed by atoms with Crippen molar-refractivity contribution in [1.82, 2.24) is 19.5 Å². The van der Waals surface area contributed by atoms with Gasteiger partial charge in [0.25, 0.3) is 0 Å². The molecule has 0 saturated heterocycles. The summed E-state index contributed by atoms with van der Waals surface area (Å²) in [6.07, 6.45) is 3.00. The molecule has 25 heavy (non-hydrogen) atoms. The van der Waals surface area contributed by atoms with E-state index in [0.717, 1.165) is 17.7 Å². The highest BCUT2D eigenvalue weighted by Gasteiger charge is 2.16. The highest BCUT2D eigenvalue weighted by molar-refractivity contribution is 7.89. The van der Waals surface area contributed by atoms with Crippen molar-refractivity contribution in [2.24, 2.45) is 0 Å². The van der Waals surface area contributed by atoms with Gasteiger partial charge < -0.3 is 0 Å². The summed E-state index contributed by atoms with van der Waals surface area (Å²) in [6.45, 7) is 0.487. The molecule has 3 rings (SSSR count). The average molecular weight is 364 g/mol. The lowest BCUT2D eigenvalue weighted by atomic mass is 10.1. The van der Waals surface area contributed by atoms with Crippen molar-refractivity contribution >= 4 is 10.0 Å². The maximum Gasteiger partial charge on any atom is 0.241 e. The van der Waals surface area contributed by atoms with Gasteiger partial charge in [0.2, 0.25) is 10.0 Å². The molecule has 0 aliphatic heterocycles. The summed E-state index contributed by atoms with van der Waals surface area (Å²) in [4.78, 5) is 3.40. The van der Waals surface area contributed by atoms with E-state index in [4.69, 9.17) is 0 Å². The maximum absolute atomic E-state index is 13.2. The first-order chi connectivity index (χ1) is 11.9. The van der Waals surface area contributed by atoms with Gasteiger partial charge in [0.15, 0.2) is 0 Å². The largest absolute Gasteiger partial charge is 0.249 e. The van der Waals surface area contributed by atoms with Gasteiger partial charge in [0.1, 0.15) is 24.3 Å². The van der Waals surface area contributed by atoms with Crippen LogP contribution < -0.4 is 4.72 Å². The van der Waals surface area contributed by atoms with E-state index in [1.54, 1.807) is 23.1 Å². The zero-order valence-electron chi connectivity index (χ0n) is 12.9. The van der Waals surface area contributed by atoms with Gasteiger partial charge in [-0.25, -0.2) is 31.6 Å². The van der Waals surface area contributed by atoms with Crippen LogP contribution in [0.2, 0.25) is 0 Å². The lowest BCUT2D eigenvalue weighted by Gasteiger charge is -2.09. The number of nitrogens with one attached hydrogen (secondary N) is 1. The fourth-order valence-corrected chi connectivity index (χ4v) is 3.34. The molecule has 0 radical (unpaired) electrons. The summed E-state index contributed by atoms with van der Waals surface area (Å²) in [5.41, 5.74) is 1.62. The van der Waals surface area contributed by atoms with Crippen LogP contribution in [0.25, 0.3) is 0 Å². The van der Waals surface area contributed by atoms with Gasteiger partial charge in [0.05, 0.1) is 11.4 Å². The molecule has 0 spiro atoms. The Morgan fingerprint density at radius 2 is 1.76 bits per heavy atom. The Kier molecular flexibility index (Phi) is 4.86. The molecule has 130 valence electrons. The van der Waals surface area contributed by atoms with E-state index in [0.29, 0.717) is 18.2 Å². The lowest BCUT2D eigenvalue weighted by molar-refractivity contribution is 0.561. The second kappa shape index (κ2) is 7.08. The van der Waals surface area contributed by atoms with E-state index in [2.05, 4.69) is 14.8 Å². The first-order valence-corrected chi connectivity index (χ1v) is 8.77. The van der Waals surface area contributed by atoms with Gasteiger partial charge in [0, 0.05) is 12.6 Å². The topological polar surface area (TPSA) is 76.9 Å². The molecule has 0 atom stereocenters. The molecule has 1 heterocycles. The minimum atomic E-state index is -4.02. The third-order valence-electron chi connectivity index (χ3n) is 3.42. The summed E-state index contributed by atoms with van der Waals surface area (Å²) in [5.74, 6) is -1.90. The molecule has 6 nitrogen and oxygen atoms in total. The van der Waals surface area contributed by atoms with Gasteiger partial charge >= 0.3 is 0 Å². The monoisotopic (exact) mass is 364 g/mol. The van der Waals surface area contributed by atoms with Crippen LogP contribution >= 0.6 is 0 Å². The molecule has 2 aromatic carbocycles. The van der Waals surface area contributed by atoms with Crippen LogP contribution in [0, 0.1) is 11.6 Å². The second-order valence-corrected chi connectivity index (χ2v) is 7.11. The van der Waals surface area contributed by atoms with Crippen molar-refractivity contribution < 1.29 is 17.2 Å². The molecule has 9 heteroatoms. The van der Waals surface area contributed by atoms with Crippen molar-refractivity contribution in [2.75, 3.05) is 0 Å². The standard InChI is InChI=1S/C16H14F2N4O2S/c17-14-5-15(18)7-16(6-14)25(23,24)21-8-12-2-1-3-13(4-12)9-22-11-19-10-20-22/h1-7,10-11,21H,8-9H2. The van der Waals surface area contributed by atoms with E-state index >= 15 is 0 Å². The zero-order valence-corrected chi connectivity index (χ0v) is 13.7. The van der Waals surface area contributed by atoms with Gasteiger partial charge in [-0.2, -0.15) is 5.10 Å². The summed E-state index contributed by atoms with van der Waals surface area (Å²) in [5, 5.41) is 4.01. The minimum absolute atomic E-state index is 0.00827. The Morgan fingerprint density at radius 1 is 1.04 bits per heavy atom. The molecule has 3 aromatic rings. The number of nitrogens with zero attached hydrogens (tertiary/aromatic N) is 3. The molecule has 0 amide bonds. The van der Waals surface area contributed by atoms with Gasteiger partial charge in [-0.3, -0.25) is 0 Å². The molecule has 0 unspecified atom stereocenters. The molecule has 0 saturated carbocycles. The zero-order chi connectivity index (χ0) is 17.9. The van der Waals surface area contributed by atoms with Crippen molar-refractivity contribution in [2.45, 2.75) is 18.0 Å². The van der Waals surface area contributed by atoms with Crippen LogP contribution in [0.15, 0.2) is 60.0 Å². The first-order valence-electron chi connectivity index (χ1n) is 7.28. The SMILES string of the molecule is O=S(=O)(NCc1cccc(Cn2cncn2)c1)c1cc(F)cc(F)c1. The molecular formula is C16H14F2N4O2S. The number of benzene rings is 2. The molecular weight excluding hydrogens is 350 g/mol. The molecule has 0 fully saturated rings. The number of halogens is 2. The highest BCUT2D eigenvalue weighted by Crippen LogP contribution is 2.14. The van der Waals surface area contributed by atoms with Gasteiger partial charge in [-0.15, -0.1) is 0 Å². The predicted molar refractivity (Wildman–Crippen MR) is 85.9 cm³/mol. The summed E-state index contributed by atoms with van der Waals surface area (Å²) >= 11 is 0. The normalized spacial score (nSPS) is 11.6. The van der Waals surface area contributed by atoms with Crippen molar-refractivity contribution in [1.29, 1.82) is 0 Å². The number of hydrogen-bond acceptors (Lipinski definition) is 4. The van der Waals surface area contributed by atoms with E-state index in [9.17, 15) is 17.2 Å². The van der Waals surface area contributed by atoms with E-state index in [1.165, 1.54) is 6.33 Å². The molecule has 0 aliphatic rings. The fraction of sp³-hybridized carbons (Fsp3) is 0.125. The predicted octanol–water partition coefficient (Wildman–Crippen LogP) is 2.08. The smallest absolute Gasteiger partial charge is 0.241 e. The van der Waals surface area contributed by atoms with Crippen molar-refractivity contribution in [3.05, 3.63) is 77.9 Å². The summed E-state index contributed by atoms with van der Waals surface area (Å²) < 4.78 is 54.8. The van der Waals surface area contributed by atoms with E-state index in [1.807, 2.05) is 12.1 Å². The van der Waals surface area contributed by atoms with Gasteiger partial charge in [-0.05, 0) is 23.3 Å². The first kappa shape index (κ1) is 17.2. The van der Waals surface area contributed by atoms with E-state index < -0.39 is 26.6 Å². The Bertz CT molecular complexity index is 955. The van der Waals surface area contributed by atoms with Crippen LogP contribution in [0.5, 0.6) is 0 Å². The summed E-state index contributed by atoms with van der Waals surface area (Å²) in [6, 6.07) is 9.39. The number of rotatable bonds is 6. The van der Waals surface area contributed by atoms with Crippen LogP contribution in [-0.2, 0) is 23.1 Å². The third-order valence-corrected chi connectivity index (χ3v) is 4.80. The highest BCUT2D eigenvalue weighted by atomic mass is 32.2. The molecule has 0 aliphatic carbocycles. The van der Waals surface area contributed by atoms with Crippen LogP contribution in [0.3, 0.4) is 0 Å².